The Kier molecular flexibility index (Phi) is 3.86. The number of amides is 1. The molecule has 1 aromatic heterocycles. The molecule has 0 aromatic carbocycles. The number of hydrogen-bond donors (Lipinski definition) is 1. The highest BCUT2D eigenvalue weighted by atomic mass is 127. The number of aromatic amines is 1. The van der Waals surface area contributed by atoms with E-state index in [0.717, 1.165) is 9.99 Å². The average Bonchev–Trinajstić information content (AvgIpc) is 2.75. The van der Waals surface area contributed by atoms with E-state index in [-0.39, 0.29) is 12.0 Å². The van der Waals surface area contributed by atoms with Gasteiger partial charge in [-0.1, -0.05) is 6.92 Å². The molecule has 1 saturated heterocycles. The van der Waals surface area contributed by atoms with Gasteiger partial charge >= 0.3 is 0 Å². The van der Waals surface area contributed by atoms with Gasteiger partial charge in [0, 0.05) is 22.9 Å². The predicted octanol–water partition coefficient (Wildman–Crippen LogP) is 1.87. The molecule has 5 heteroatoms. The Morgan fingerprint density at radius 1 is 1.75 bits per heavy atom. The van der Waals surface area contributed by atoms with Crippen LogP contribution in [0.3, 0.4) is 0 Å². The summed E-state index contributed by atoms with van der Waals surface area (Å²) in [5.74, 6) is 0.0738. The molecule has 4 nitrogen and oxygen atoms in total. The lowest BCUT2D eigenvalue weighted by atomic mass is 10.2. The summed E-state index contributed by atoms with van der Waals surface area (Å²) < 4.78 is 6.60. The third-order valence-corrected chi connectivity index (χ3v) is 3.38. The number of aromatic nitrogens is 1. The molecule has 88 valence electrons. The van der Waals surface area contributed by atoms with Gasteiger partial charge in [0.25, 0.3) is 5.91 Å². The molecule has 0 unspecified atom stereocenters. The van der Waals surface area contributed by atoms with E-state index in [4.69, 9.17) is 4.74 Å². The quantitative estimate of drug-likeness (QED) is 0.840. The highest BCUT2D eigenvalue weighted by molar-refractivity contribution is 14.1. The minimum absolute atomic E-state index is 0.0738. The summed E-state index contributed by atoms with van der Waals surface area (Å²) in [6.45, 7) is 4.11. The van der Waals surface area contributed by atoms with Crippen LogP contribution in [0, 0.1) is 3.57 Å². The predicted molar refractivity (Wildman–Crippen MR) is 69.4 cm³/mol. The lowest BCUT2D eigenvalue weighted by Crippen LogP contribution is -2.45. The maximum absolute atomic E-state index is 12.1. The average molecular weight is 334 g/mol. The summed E-state index contributed by atoms with van der Waals surface area (Å²) in [5.41, 5.74) is 0.668. The molecule has 16 heavy (non-hydrogen) atoms. The molecule has 0 saturated carbocycles. The first-order chi connectivity index (χ1) is 7.70. The van der Waals surface area contributed by atoms with Crippen molar-refractivity contribution in [2.24, 2.45) is 0 Å². The lowest BCUT2D eigenvalue weighted by molar-refractivity contribution is -0.0227. The molecule has 1 N–H and O–H groups in total. The van der Waals surface area contributed by atoms with Crippen molar-refractivity contribution in [2.45, 2.75) is 19.4 Å². The zero-order chi connectivity index (χ0) is 11.5. The summed E-state index contributed by atoms with van der Waals surface area (Å²) in [6, 6.07) is 1.87. The highest BCUT2D eigenvalue weighted by Crippen LogP contribution is 2.13. The van der Waals surface area contributed by atoms with Gasteiger partial charge in [-0.25, -0.2) is 0 Å². The van der Waals surface area contributed by atoms with E-state index < -0.39 is 0 Å². The highest BCUT2D eigenvalue weighted by Gasteiger charge is 2.24. The van der Waals surface area contributed by atoms with E-state index >= 15 is 0 Å². The van der Waals surface area contributed by atoms with Gasteiger partial charge < -0.3 is 14.6 Å². The summed E-state index contributed by atoms with van der Waals surface area (Å²) >= 11 is 2.19. The van der Waals surface area contributed by atoms with E-state index in [1.165, 1.54) is 0 Å². The molecule has 1 amide bonds. The molecule has 1 aliphatic heterocycles. The maximum Gasteiger partial charge on any atom is 0.270 e. The zero-order valence-corrected chi connectivity index (χ0v) is 11.4. The minimum Gasteiger partial charge on any atom is -0.375 e. The summed E-state index contributed by atoms with van der Waals surface area (Å²) in [5, 5.41) is 0. The van der Waals surface area contributed by atoms with E-state index in [9.17, 15) is 4.79 Å². The van der Waals surface area contributed by atoms with Crippen molar-refractivity contribution >= 4 is 28.5 Å². The third kappa shape index (κ3) is 2.57. The van der Waals surface area contributed by atoms with Crippen molar-refractivity contribution in [3.05, 3.63) is 21.5 Å². The van der Waals surface area contributed by atoms with E-state index in [0.29, 0.717) is 25.4 Å². The fraction of sp³-hybridized carbons (Fsp3) is 0.545. The molecule has 1 fully saturated rings. The topological polar surface area (TPSA) is 45.3 Å². The number of carbonyl (C=O) groups is 1. The Hall–Kier alpha value is -0.560. The van der Waals surface area contributed by atoms with Crippen LogP contribution in [0.2, 0.25) is 0 Å². The van der Waals surface area contributed by atoms with Gasteiger partial charge in [-0.15, -0.1) is 0 Å². The number of halogens is 1. The minimum atomic E-state index is 0.0738. The molecule has 0 bridgehead atoms. The summed E-state index contributed by atoms with van der Waals surface area (Å²) in [7, 11) is 0. The standard InChI is InChI=1S/C11H15IN2O2/c1-2-9-7-14(3-4-16-9)11(15)10-5-8(12)6-13-10/h5-6,9,13H,2-4,7H2,1H3/t9-/m1/s1. The number of H-pyrrole nitrogens is 1. The number of rotatable bonds is 2. The molecule has 1 aliphatic rings. The Morgan fingerprint density at radius 2 is 2.56 bits per heavy atom. The largest absolute Gasteiger partial charge is 0.375 e. The van der Waals surface area contributed by atoms with Crippen molar-refractivity contribution in [2.75, 3.05) is 19.7 Å². The number of morpholine rings is 1. The Bertz CT molecular complexity index is 378. The van der Waals surface area contributed by atoms with Gasteiger partial charge in [0.1, 0.15) is 5.69 Å². The van der Waals surface area contributed by atoms with E-state index in [2.05, 4.69) is 34.5 Å². The molecule has 1 atom stereocenters. The van der Waals surface area contributed by atoms with Crippen LogP contribution in [0.15, 0.2) is 12.3 Å². The van der Waals surface area contributed by atoms with Gasteiger partial charge in [-0.3, -0.25) is 4.79 Å². The maximum atomic E-state index is 12.1. The fourth-order valence-electron chi connectivity index (χ4n) is 1.81. The molecule has 0 aliphatic carbocycles. The number of nitrogens with zero attached hydrogens (tertiary/aromatic N) is 1. The normalized spacial score (nSPS) is 21.1. The number of carbonyl (C=O) groups excluding carboxylic acids is 1. The second-order valence-corrected chi connectivity index (χ2v) is 5.13. The van der Waals surface area contributed by atoms with Crippen LogP contribution in [-0.2, 0) is 4.74 Å². The zero-order valence-electron chi connectivity index (χ0n) is 9.20. The van der Waals surface area contributed by atoms with Crippen molar-refractivity contribution < 1.29 is 9.53 Å². The SMILES string of the molecule is CC[C@@H]1CN(C(=O)c2cc(I)c[nH]2)CCO1. The smallest absolute Gasteiger partial charge is 0.270 e. The Morgan fingerprint density at radius 3 is 3.19 bits per heavy atom. The second-order valence-electron chi connectivity index (χ2n) is 3.88. The molecule has 1 aromatic rings. The van der Waals surface area contributed by atoms with E-state index in [1.807, 2.05) is 17.2 Å². The van der Waals surface area contributed by atoms with Gasteiger partial charge in [-0.05, 0) is 35.1 Å². The monoisotopic (exact) mass is 334 g/mol. The van der Waals surface area contributed by atoms with Crippen molar-refractivity contribution in [3.8, 4) is 0 Å². The molecule has 0 spiro atoms. The first-order valence-corrected chi connectivity index (χ1v) is 6.53. The molecular weight excluding hydrogens is 319 g/mol. The van der Waals surface area contributed by atoms with Crippen LogP contribution < -0.4 is 0 Å². The molecule has 0 radical (unpaired) electrons. The molecular formula is C11H15IN2O2. The number of nitrogens with one attached hydrogen (secondary N) is 1. The van der Waals surface area contributed by atoms with Crippen LogP contribution in [0.1, 0.15) is 23.8 Å². The summed E-state index contributed by atoms with van der Waals surface area (Å²) in [6.07, 6.45) is 2.98. The first-order valence-electron chi connectivity index (χ1n) is 5.45. The van der Waals surface area contributed by atoms with Gasteiger partial charge in [0.05, 0.1) is 12.7 Å². The van der Waals surface area contributed by atoms with Crippen LogP contribution in [-0.4, -0.2) is 41.6 Å². The van der Waals surface area contributed by atoms with Gasteiger partial charge in [0.2, 0.25) is 0 Å². The number of hydrogen-bond acceptors (Lipinski definition) is 2. The van der Waals surface area contributed by atoms with Crippen molar-refractivity contribution in [3.63, 3.8) is 0 Å². The summed E-state index contributed by atoms with van der Waals surface area (Å²) in [4.78, 5) is 17.0. The Balaban J connectivity index is 2.04. The molecule has 2 rings (SSSR count). The van der Waals surface area contributed by atoms with Gasteiger partial charge in [-0.2, -0.15) is 0 Å². The third-order valence-electron chi connectivity index (χ3n) is 2.76. The number of ether oxygens (including phenoxy) is 1. The van der Waals surface area contributed by atoms with Crippen LogP contribution in [0.25, 0.3) is 0 Å². The second kappa shape index (κ2) is 5.18. The van der Waals surface area contributed by atoms with Crippen molar-refractivity contribution in [1.82, 2.24) is 9.88 Å². The van der Waals surface area contributed by atoms with Crippen LogP contribution >= 0.6 is 22.6 Å². The van der Waals surface area contributed by atoms with Crippen LogP contribution in [0.5, 0.6) is 0 Å². The fourth-order valence-corrected chi connectivity index (χ4v) is 2.28. The van der Waals surface area contributed by atoms with Crippen LogP contribution in [0.4, 0.5) is 0 Å². The Labute approximate surface area is 108 Å². The van der Waals surface area contributed by atoms with E-state index in [1.54, 1.807) is 0 Å². The van der Waals surface area contributed by atoms with Gasteiger partial charge in [0.15, 0.2) is 0 Å². The lowest BCUT2D eigenvalue weighted by Gasteiger charge is -2.32. The first kappa shape index (κ1) is 11.9. The van der Waals surface area contributed by atoms with Crippen molar-refractivity contribution in [1.29, 1.82) is 0 Å². The molecule has 2 heterocycles.